The Bertz CT molecular complexity index is 852. The first-order chi connectivity index (χ1) is 14.2. The minimum absolute atomic E-state index is 0. The van der Waals surface area contributed by atoms with Crippen LogP contribution in [0.1, 0.15) is 75.6 Å². The van der Waals surface area contributed by atoms with Crippen molar-refractivity contribution >= 4 is 0 Å². The number of benzene rings is 2. The van der Waals surface area contributed by atoms with Crippen LogP contribution in [0.4, 0.5) is 0 Å². The minimum Gasteiger partial charge on any atom is -1.00 e. The standard InChI is InChI=1S/C27H37N2.ClH/c1-5-9-22-13-15-24(11-7-3)26(19-22)28-17-18-29(21-28)27-20-23(10-6-2)14-16-25(27)12-8-4;/h13-21H,5-12H2,1-4H3;1H/q+1;/p-1. The largest absolute Gasteiger partial charge is 1.00 e. The second-order valence-electron chi connectivity index (χ2n) is 8.15. The monoisotopic (exact) mass is 424 g/mol. The molecule has 0 N–H and O–H groups in total. The molecule has 0 spiro atoms. The number of aromatic nitrogens is 2. The number of hydrogen-bond donors (Lipinski definition) is 0. The molecule has 0 aliphatic carbocycles. The fourth-order valence-electron chi connectivity index (χ4n) is 4.19. The summed E-state index contributed by atoms with van der Waals surface area (Å²) in [7, 11) is 0. The zero-order chi connectivity index (χ0) is 20.6. The number of imidazole rings is 1. The van der Waals surface area contributed by atoms with Crippen molar-refractivity contribution in [3.63, 3.8) is 0 Å². The molecule has 0 radical (unpaired) electrons. The van der Waals surface area contributed by atoms with Crippen molar-refractivity contribution in [1.82, 2.24) is 4.57 Å². The third kappa shape index (κ3) is 5.76. The van der Waals surface area contributed by atoms with Crippen LogP contribution in [-0.2, 0) is 25.7 Å². The molecule has 3 heteroatoms. The highest BCUT2D eigenvalue weighted by Crippen LogP contribution is 2.21. The van der Waals surface area contributed by atoms with Gasteiger partial charge in [-0.3, -0.25) is 0 Å². The van der Waals surface area contributed by atoms with E-state index in [1.807, 2.05) is 0 Å². The summed E-state index contributed by atoms with van der Waals surface area (Å²) in [5.74, 6) is 0. The molecule has 2 aromatic carbocycles. The first-order valence-corrected chi connectivity index (χ1v) is 11.5. The van der Waals surface area contributed by atoms with Gasteiger partial charge in [0.05, 0.1) is 0 Å². The molecule has 0 saturated carbocycles. The molecule has 0 atom stereocenters. The Morgan fingerprint density at radius 3 is 1.90 bits per heavy atom. The summed E-state index contributed by atoms with van der Waals surface area (Å²) < 4.78 is 4.62. The molecule has 0 amide bonds. The van der Waals surface area contributed by atoms with Crippen molar-refractivity contribution in [2.24, 2.45) is 0 Å². The van der Waals surface area contributed by atoms with Crippen molar-refractivity contribution in [3.05, 3.63) is 77.4 Å². The Kier molecular flexibility index (Phi) is 9.65. The zero-order valence-electron chi connectivity index (χ0n) is 19.1. The Labute approximate surface area is 189 Å². The smallest absolute Gasteiger partial charge is 0.254 e. The first-order valence-electron chi connectivity index (χ1n) is 11.5. The molecule has 0 unspecified atom stereocenters. The van der Waals surface area contributed by atoms with Gasteiger partial charge in [-0.15, -0.1) is 0 Å². The number of halogens is 1. The van der Waals surface area contributed by atoms with Gasteiger partial charge < -0.3 is 12.4 Å². The molecule has 1 heterocycles. The molecule has 0 bridgehead atoms. The summed E-state index contributed by atoms with van der Waals surface area (Å²) in [6, 6.07) is 14.1. The van der Waals surface area contributed by atoms with E-state index in [0.717, 1.165) is 25.7 Å². The number of nitrogens with zero attached hydrogens (tertiary/aromatic N) is 2. The predicted octanol–water partition coefficient (Wildman–Crippen LogP) is 3.57. The van der Waals surface area contributed by atoms with Crippen LogP contribution in [0.3, 0.4) is 0 Å². The molecule has 0 fully saturated rings. The van der Waals surface area contributed by atoms with Gasteiger partial charge in [-0.2, -0.15) is 0 Å². The highest BCUT2D eigenvalue weighted by molar-refractivity contribution is 5.44. The topological polar surface area (TPSA) is 8.81 Å². The molecule has 0 aliphatic heterocycles. The molecule has 2 nitrogen and oxygen atoms in total. The summed E-state index contributed by atoms with van der Waals surface area (Å²) in [6.07, 6.45) is 15.9. The summed E-state index contributed by atoms with van der Waals surface area (Å²) in [5.41, 5.74) is 8.39. The molecule has 3 rings (SSSR count). The highest BCUT2D eigenvalue weighted by Gasteiger charge is 2.16. The van der Waals surface area contributed by atoms with Gasteiger partial charge in [-0.25, -0.2) is 9.13 Å². The van der Waals surface area contributed by atoms with Crippen LogP contribution in [0, 0.1) is 0 Å². The first kappa shape index (κ1) is 24.2. The zero-order valence-corrected chi connectivity index (χ0v) is 19.9. The number of hydrogen-bond acceptors (Lipinski definition) is 0. The SMILES string of the molecule is CCCc1ccc(CCC)c(-n2cc[n+](-c3cc(CCC)ccc3CCC)c2)c1.[Cl-]. The molecular formula is C27H37ClN2. The van der Waals surface area contributed by atoms with Crippen molar-refractivity contribution < 1.29 is 17.0 Å². The second-order valence-corrected chi connectivity index (χ2v) is 8.15. The molecule has 1 aromatic heterocycles. The third-order valence-electron chi connectivity index (χ3n) is 5.61. The van der Waals surface area contributed by atoms with Crippen molar-refractivity contribution in [2.75, 3.05) is 0 Å². The van der Waals surface area contributed by atoms with Crippen LogP contribution < -0.4 is 17.0 Å². The van der Waals surface area contributed by atoms with E-state index in [4.69, 9.17) is 0 Å². The Hall–Kier alpha value is -2.06. The van der Waals surface area contributed by atoms with Gasteiger partial charge in [0, 0.05) is 0 Å². The van der Waals surface area contributed by atoms with Crippen molar-refractivity contribution in [1.29, 1.82) is 0 Å². The van der Waals surface area contributed by atoms with E-state index in [1.165, 1.54) is 59.3 Å². The lowest BCUT2D eigenvalue weighted by Crippen LogP contribution is -3.00. The lowest BCUT2D eigenvalue weighted by atomic mass is 10.0. The molecule has 30 heavy (non-hydrogen) atoms. The van der Waals surface area contributed by atoms with Crippen LogP contribution in [0.15, 0.2) is 55.1 Å². The Balaban J connectivity index is 0.00000320. The fraction of sp³-hybridized carbons (Fsp3) is 0.444. The van der Waals surface area contributed by atoms with Crippen LogP contribution >= 0.6 is 0 Å². The van der Waals surface area contributed by atoms with Crippen molar-refractivity contribution in [2.45, 2.75) is 79.1 Å². The van der Waals surface area contributed by atoms with Crippen LogP contribution in [0.2, 0.25) is 0 Å². The van der Waals surface area contributed by atoms with E-state index in [9.17, 15) is 0 Å². The molecule has 0 saturated heterocycles. The molecular weight excluding hydrogens is 388 g/mol. The van der Waals surface area contributed by atoms with Gasteiger partial charge in [0.15, 0.2) is 0 Å². The van der Waals surface area contributed by atoms with Gasteiger partial charge in [0.25, 0.3) is 6.33 Å². The van der Waals surface area contributed by atoms with Crippen LogP contribution in [0.5, 0.6) is 0 Å². The van der Waals surface area contributed by atoms with E-state index < -0.39 is 0 Å². The van der Waals surface area contributed by atoms with Gasteiger partial charge in [-0.05, 0) is 60.1 Å². The Morgan fingerprint density at radius 2 is 1.27 bits per heavy atom. The predicted molar refractivity (Wildman–Crippen MR) is 123 cm³/mol. The van der Waals surface area contributed by atoms with Gasteiger partial charge >= 0.3 is 0 Å². The van der Waals surface area contributed by atoms with E-state index in [0.29, 0.717) is 0 Å². The highest BCUT2D eigenvalue weighted by atomic mass is 35.5. The molecule has 3 aromatic rings. The fourth-order valence-corrected chi connectivity index (χ4v) is 4.19. The lowest BCUT2D eigenvalue weighted by molar-refractivity contribution is -0.595. The normalized spacial score (nSPS) is 10.8. The summed E-state index contributed by atoms with van der Waals surface area (Å²) in [6.45, 7) is 9.02. The van der Waals surface area contributed by atoms with Crippen molar-refractivity contribution in [3.8, 4) is 11.4 Å². The second kappa shape index (κ2) is 12.0. The van der Waals surface area contributed by atoms with E-state index >= 15 is 0 Å². The van der Waals surface area contributed by atoms with Crippen LogP contribution in [-0.4, -0.2) is 4.57 Å². The summed E-state index contributed by atoms with van der Waals surface area (Å²) in [4.78, 5) is 0. The molecule has 0 aliphatic rings. The maximum atomic E-state index is 2.39. The van der Waals surface area contributed by atoms with Crippen LogP contribution in [0.25, 0.3) is 11.4 Å². The maximum absolute atomic E-state index is 2.39. The quantitative estimate of drug-likeness (QED) is 0.440. The third-order valence-corrected chi connectivity index (χ3v) is 5.61. The maximum Gasteiger partial charge on any atom is 0.254 e. The summed E-state index contributed by atoms with van der Waals surface area (Å²) in [5, 5.41) is 0. The number of aryl methyl sites for hydroxylation is 4. The average Bonchev–Trinajstić information content (AvgIpc) is 3.21. The Morgan fingerprint density at radius 1 is 0.700 bits per heavy atom. The van der Waals surface area contributed by atoms with Gasteiger partial charge in [0.1, 0.15) is 23.8 Å². The summed E-state index contributed by atoms with van der Waals surface area (Å²) >= 11 is 0. The van der Waals surface area contributed by atoms with Gasteiger partial charge in [0.2, 0.25) is 0 Å². The minimum atomic E-state index is 0. The lowest BCUT2D eigenvalue weighted by Gasteiger charge is -2.09. The van der Waals surface area contributed by atoms with E-state index in [2.05, 4.69) is 91.9 Å². The van der Waals surface area contributed by atoms with Gasteiger partial charge in [-0.1, -0.05) is 77.6 Å². The van der Waals surface area contributed by atoms with E-state index in [-0.39, 0.29) is 12.4 Å². The number of rotatable bonds is 10. The van der Waals surface area contributed by atoms with E-state index in [1.54, 1.807) is 0 Å². The average molecular weight is 425 g/mol. The molecule has 162 valence electrons.